The van der Waals surface area contributed by atoms with Gasteiger partial charge in [-0.05, 0) is 19.3 Å². The Hall–Kier alpha value is 0.960. The zero-order valence-electron chi connectivity index (χ0n) is 7.28. The average Bonchev–Trinajstić information content (AvgIpc) is 2.01. The number of hydrogen-bond acceptors (Lipinski definition) is 0. The summed E-state index contributed by atoms with van der Waals surface area (Å²) in [4.78, 5) is 0.765. The van der Waals surface area contributed by atoms with Crippen molar-refractivity contribution in [1.29, 1.82) is 0 Å². The first kappa shape index (κ1) is 12.0. The lowest BCUT2D eigenvalue weighted by Crippen LogP contribution is -1.97. The number of alkyl halides is 2. The molecule has 0 aromatic carbocycles. The molecular weight excluding hydrogens is 268 g/mol. The largest absolute Gasteiger partial charge is 0.0928 e. The second-order valence-corrected chi connectivity index (χ2v) is 5.01. The molecule has 0 aliphatic heterocycles. The predicted molar refractivity (Wildman–Crippen MR) is 59.9 cm³/mol. The summed E-state index contributed by atoms with van der Waals surface area (Å²) >= 11 is 7.13. The second kappa shape index (κ2) is 9.05. The van der Waals surface area contributed by atoms with Crippen LogP contribution in [0.3, 0.4) is 0 Å². The maximum absolute atomic E-state index is 3.69. The quantitative estimate of drug-likeness (QED) is 0.477. The fraction of sp³-hybridized carbons (Fsp3) is 1.00. The molecule has 0 aliphatic rings. The predicted octanol–water partition coefficient (Wildman–Crippen LogP) is 4.51. The average molecular weight is 286 g/mol. The van der Waals surface area contributed by atoms with Crippen LogP contribution in [0.1, 0.15) is 45.4 Å². The molecule has 0 heterocycles. The van der Waals surface area contributed by atoms with Crippen LogP contribution in [0.25, 0.3) is 0 Å². The van der Waals surface area contributed by atoms with Crippen molar-refractivity contribution in [2.45, 2.75) is 50.3 Å². The maximum atomic E-state index is 3.69. The lowest BCUT2D eigenvalue weighted by atomic mass is 10.1. The molecule has 0 N–H and O–H groups in total. The highest BCUT2D eigenvalue weighted by Crippen LogP contribution is 2.16. The van der Waals surface area contributed by atoms with Gasteiger partial charge < -0.3 is 0 Å². The SMILES string of the molecule is CCCCC(Br)CCCCBr. The summed E-state index contributed by atoms with van der Waals surface area (Å²) in [6, 6.07) is 0. The summed E-state index contributed by atoms with van der Waals surface area (Å²) in [7, 11) is 0. The number of halogens is 2. The van der Waals surface area contributed by atoms with Gasteiger partial charge in [-0.1, -0.05) is 58.0 Å². The van der Waals surface area contributed by atoms with E-state index < -0.39 is 0 Å². The molecule has 11 heavy (non-hydrogen) atoms. The van der Waals surface area contributed by atoms with Crippen molar-refractivity contribution in [3.8, 4) is 0 Å². The van der Waals surface area contributed by atoms with Gasteiger partial charge >= 0.3 is 0 Å². The lowest BCUT2D eigenvalue weighted by molar-refractivity contribution is 0.625. The fourth-order valence-electron chi connectivity index (χ4n) is 1.03. The molecule has 2 heteroatoms. The summed E-state index contributed by atoms with van der Waals surface area (Å²) < 4.78 is 0. The molecule has 1 unspecified atom stereocenters. The summed E-state index contributed by atoms with van der Waals surface area (Å²) in [6.45, 7) is 2.25. The minimum atomic E-state index is 0.765. The first-order chi connectivity index (χ1) is 5.31. The first-order valence-corrected chi connectivity index (χ1v) is 6.55. The van der Waals surface area contributed by atoms with Crippen molar-refractivity contribution in [2.75, 3.05) is 5.33 Å². The Kier molecular flexibility index (Phi) is 9.84. The summed E-state index contributed by atoms with van der Waals surface area (Å²) in [6.07, 6.45) is 8.04. The van der Waals surface area contributed by atoms with Crippen LogP contribution < -0.4 is 0 Å². The number of unbranched alkanes of at least 4 members (excludes halogenated alkanes) is 2. The zero-order valence-corrected chi connectivity index (χ0v) is 10.5. The highest BCUT2D eigenvalue weighted by atomic mass is 79.9. The molecule has 68 valence electrons. The van der Waals surface area contributed by atoms with Gasteiger partial charge in [0, 0.05) is 10.2 Å². The minimum Gasteiger partial charge on any atom is -0.0928 e. The fourth-order valence-corrected chi connectivity index (χ4v) is 2.07. The van der Waals surface area contributed by atoms with E-state index in [9.17, 15) is 0 Å². The highest BCUT2D eigenvalue weighted by Gasteiger charge is 2.01. The summed E-state index contributed by atoms with van der Waals surface area (Å²) in [5.41, 5.74) is 0. The van der Waals surface area contributed by atoms with E-state index in [0.29, 0.717) is 0 Å². The van der Waals surface area contributed by atoms with Crippen molar-refractivity contribution in [3.63, 3.8) is 0 Å². The van der Waals surface area contributed by atoms with E-state index in [1.165, 1.54) is 38.5 Å². The van der Waals surface area contributed by atoms with Crippen LogP contribution >= 0.6 is 31.9 Å². The minimum absolute atomic E-state index is 0.765. The molecule has 0 spiro atoms. The Morgan fingerprint density at radius 2 is 1.73 bits per heavy atom. The van der Waals surface area contributed by atoms with Crippen LogP contribution in [-0.2, 0) is 0 Å². The van der Waals surface area contributed by atoms with E-state index in [2.05, 4.69) is 38.8 Å². The maximum Gasteiger partial charge on any atom is 0.0145 e. The molecule has 0 aliphatic carbocycles. The molecule has 0 radical (unpaired) electrons. The number of hydrogen-bond donors (Lipinski definition) is 0. The third kappa shape index (κ3) is 8.87. The number of rotatable bonds is 7. The molecule has 0 aromatic heterocycles. The third-order valence-electron chi connectivity index (χ3n) is 1.77. The van der Waals surface area contributed by atoms with Crippen molar-refractivity contribution in [2.24, 2.45) is 0 Å². The molecule has 0 nitrogen and oxygen atoms in total. The van der Waals surface area contributed by atoms with Gasteiger partial charge in [0.25, 0.3) is 0 Å². The first-order valence-electron chi connectivity index (χ1n) is 4.51. The normalized spacial score (nSPS) is 13.4. The van der Waals surface area contributed by atoms with Gasteiger partial charge in [0.15, 0.2) is 0 Å². The topological polar surface area (TPSA) is 0 Å². The van der Waals surface area contributed by atoms with E-state index >= 15 is 0 Å². The smallest absolute Gasteiger partial charge is 0.0145 e. The van der Waals surface area contributed by atoms with E-state index in [1.807, 2.05) is 0 Å². The third-order valence-corrected chi connectivity index (χ3v) is 3.25. The Labute approximate surface area is 87.4 Å². The van der Waals surface area contributed by atoms with Crippen molar-refractivity contribution >= 4 is 31.9 Å². The van der Waals surface area contributed by atoms with Gasteiger partial charge in [0.1, 0.15) is 0 Å². The van der Waals surface area contributed by atoms with Crippen LogP contribution in [0.15, 0.2) is 0 Å². The van der Waals surface area contributed by atoms with Gasteiger partial charge in [-0.25, -0.2) is 0 Å². The molecule has 0 fully saturated rings. The van der Waals surface area contributed by atoms with Crippen LogP contribution in [-0.4, -0.2) is 10.2 Å². The van der Waals surface area contributed by atoms with E-state index in [4.69, 9.17) is 0 Å². The van der Waals surface area contributed by atoms with Crippen LogP contribution in [0, 0.1) is 0 Å². The molecule has 0 bridgehead atoms. The molecule has 1 atom stereocenters. The molecule has 0 rings (SSSR count). The van der Waals surface area contributed by atoms with Crippen molar-refractivity contribution in [3.05, 3.63) is 0 Å². The van der Waals surface area contributed by atoms with Gasteiger partial charge in [-0.2, -0.15) is 0 Å². The summed E-state index contributed by atoms with van der Waals surface area (Å²) in [5, 5.41) is 1.15. The zero-order chi connectivity index (χ0) is 8.53. The highest BCUT2D eigenvalue weighted by molar-refractivity contribution is 9.09. The Morgan fingerprint density at radius 1 is 1.09 bits per heavy atom. The Bertz CT molecular complexity index is 74.0. The van der Waals surface area contributed by atoms with Crippen LogP contribution in [0.2, 0.25) is 0 Å². The van der Waals surface area contributed by atoms with Gasteiger partial charge in [0.2, 0.25) is 0 Å². The molecule has 0 aromatic rings. The Morgan fingerprint density at radius 3 is 2.27 bits per heavy atom. The van der Waals surface area contributed by atoms with Crippen LogP contribution in [0.4, 0.5) is 0 Å². The standard InChI is InChI=1S/C9H18Br2/c1-2-3-6-9(11)7-4-5-8-10/h9H,2-8H2,1H3. The van der Waals surface area contributed by atoms with E-state index in [1.54, 1.807) is 0 Å². The van der Waals surface area contributed by atoms with E-state index in [0.717, 1.165) is 10.2 Å². The van der Waals surface area contributed by atoms with Gasteiger partial charge in [-0.3, -0.25) is 0 Å². The monoisotopic (exact) mass is 284 g/mol. The summed E-state index contributed by atoms with van der Waals surface area (Å²) in [5.74, 6) is 0. The van der Waals surface area contributed by atoms with Gasteiger partial charge in [-0.15, -0.1) is 0 Å². The molecular formula is C9H18Br2. The van der Waals surface area contributed by atoms with Crippen LogP contribution in [0.5, 0.6) is 0 Å². The van der Waals surface area contributed by atoms with E-state index in [-0.39, 0.29) is 0 Å². The second-order valence-electron chi connectivity index (χ2n) is 2.92. The molecule has 0 saturated heterocycles. The van der Waals surface area contributed by atoms with Crippen molar-refractivity contribution < 1.29 is 0 Å². The Balaban J connectivity index is 3.02. The van der Waals surface area contributed by atoms with Gasteiger partial charge in [0.05, 0.1) is 0 Å². The van der Waals surface area contributed by atoms with Crippen molar-refractivity contribution in [1.82, 2.24) is 0 Å². The molecule has 0 saturated carbocycles. The molecule has 0 amide bonds. The lowest BCUT2D eigenvalue weighted by Gasteiger charge is -2.07.